The molecular weight excluding hydrogens is 254 g/mol. The predicted molar refractivity (Wildman–Crippen MR) is 69.7 cm³/mol. The number of ether oxygens (including phenoxy) is 2. The van der Waals surface area contributed by atoms with Crippen molar-refractivity contribution in [3.63, 3.8) is 0 Å². The van der Waals surface area contributed by atoms with Crippen LogP contribution in [0.1, 0.15) is 19.8 Å². The summed E-state index contributed by atoms with van der Waals surface area (Å²) in [6, 6.07) is 5.07. The Morgan fingerprint density at radius 2 is 1.94 bits per heavy atom. The smallest absolute Gasteiger partial charge is 0.232 e. The van der Waals surface area contributed by atoms with Gasteiger partial charge in [0.05, 0.1) is 24.7 Å². The molecule has 0 radical (unpaired) electrons. The highest BCUT2D eigenvalue weighted by Crippen LogP contribution is 2.32. The molecule has 0 bridgehead atoms. The van der Waals surface area contributed by atoms with Crippen LogP contribution in [0, 0.1) is 0 Å². The Morgan fingerprint density at radius 3 is 2.67 bits per heavy atom. The van der Waals surface area contributed by atoms with Crippen molar-refractivity contribution in [3.05, 3.63) is 18.2 Å². The summed E-state index contributed by atoms with van der Waals surface area (Å²) in [4.78, 5) is 0. The minimum Gasteiger partial charge on any atom is -0.490 e. The lowest BCUT2D eigenvalue weighted by Gasteiger charge is -2.11. The molecule has 6 heteroatoms. The molecule has 1 heterocycles. The van der Waals surface area contributed by atoms with Crippen LogP contribution in [0.15, 0.2) is 18.2 Å². The van der Waals surface area contributed by atoms with Crippen LogP contribution >= 0.6 is 0 Å². The van der Waals surface area contributed by atoms with E-state index in [0.717, 1.165) is 6.42 Å². The van der Waals surface area contributed by atoms with Gasteiger partial charge in [0.25, 0.3) is 0 Å². The van der Waals surface area contributed by atoms with Crippen LogP contribution in [0.3, 0.4) is 0 Å². The maximum atomic E-state index is 11.7. The van der Waals surface area contributed by atoms with Crippen LogP contribution < -0.4 is 14.2 Å². The van der Waals surface area contributed by atoms with E-state index in [1.165, 1.54) is 0 Å². The summed E-state index contributed by atoms with van der Waals surface area (Å²) in [6.07, 6.45) is 1.41. The molecule has 100 valence electrons. The van der Waals surface area contributed by atoms with Crippen molar-refractivity contribution in [2.45, 2.75) is 19.8 Å². The second-order valence-corrected chi connectivity index (χ2v) is 5.97. The van der Waals surface area contributed by atoms with Gasteiger partial charge in [-0.1, -0.05) is 6.92 Å². The Hall–Kier alpha value is -1.43. The van der Waals surface area contributed by atoms with Gasteiger partial charge in [0.2, 0.25) is 10.0 Å². The molecule has 0 saturated heterocycles. The number of fused-ring (bicyclic) bond motifs is 1. The number of rotatable bonds is 4. The largest absolute Gasteiger partial charge is 0.490 e. The first-order valence-corrected chi connectivity index (χ1v) is 7.66. The van der Waals surface area contributed by atoms with Crippen LogP contribution in [0.2, 0.25) is 0 Å². The molecule has 1 aliphatic heterocycles. The molecule has 0 aromatic heterocycles. The first-order chi connectivity index (χ1) is 8.61. The Morgan fingerprint density at radius 1 is 1.22 bits per heavy atom. The molecule has 5 nitrogen and oxygen atoms in total. The maximum Gasteiger partial charge on any atom is 0.232 e. The van der Waals surface area contributed by atoms with Crippen molar-refractivity contribution in [1.29, 1.82) is 0 Å². The summed E-state index contributed by atoms with van der Waals surface area (Å²) in [6.45, 7) is 3.03. The van der Waals surface area contributed by atoms with Gasteiger partial charge >= 0.3 is 0 Å². The van der Waals surface area contributed by atoms with Gasteiger partial charge in [-0.05, 0) is 18.6 Å². The van der Waals surface area contributed by atoms with Gasteiger partial charge < -0.3 is 9.47 Å². The third-order valence-corrected chi connectivity index (χ3v) is 3.99. The first kappa shape index (κ1) is 13.0. The molecular formula is C12H17NO4S. The van der Waals surface area contributed by atoms with Crippen molar-refractivity contribution in [2.75, 3.05) is 23.7 Å². The summed E-state index contributed by atoms with van der Waals surface area (Å²) in [5, 5.41) is 0. The van der Waals surface area contributed by atoms with Gasteiger partial charge in [-0.25, -0.2) is 8.42 Å². The van der Waals surface area contributed by atoms with Crippen LogP contribution in [0.5, 0.6) is 11.5 Å². The SMILES string of the molecule is CCCS(=O)(=O)Nc1ccc2c(c1)OCCCO2. The Kier molecular flexibility index (Phi) is 3.96. The van der Waals surface area contributed by atoms with Gasteiger partial charge in [-0.2, -0.15) is 0 Å². The Labute approximate surface area is 107 Å². The standard InChI is InChI=1S/C12H17NO4S/c1-2-8-18(14,15)13-10-4-5-11-12(9-10)17-7-3-6-16-11/h4-5,9,13H,2-3,6-8H2,1H3. The fourth-order valence-electron chi connectivity index (χ4n) is 1.73. The molecule has 1 aliphatic rings. The molecule has 0 fully saturated rings. The van der Waals surface area contributed by atoms with E-state index in [4.69, 9.17) is 9.47 Å². The van der Waals surface area contributed by atoms with Crippen molar-refractivity contribution in [1.82, 2.24) is 0 Å². The number of anilines is 1. The Bertz CT molecular complexity index is 513. The van der Waals surface area contributed by atoms with Crippen LogP contribution in [-0.2, 0) is 10.0 Å². The van der Waals surface area contributed by atoms with E-state index >= 15 is 0 Å². The van der Waals surface area contributed by atoms with E-state index in [1.54, 1.807) is 18.2 Å². The molecule has 1 aromatic carbocycles. The zero-order chi connectivity index (χ0) is 13.0. The maximum absolute atomic E-state index is 11.7. The third kappa shape index (κ3) is 3.29. The van der Waals surface area contributed by atoms with Crippen LogP contribution in [0.4, 0.5) is 5.69 Å². The van der Waals surface area contributed by atoms with E-state index < -0.39 is 10.0 Å². The summed E-state index contributed by atoms with van der Waals surface area (Å²) in [5.74, 6) is 1.36. The van der Waals surface area contributed by atoms with Gasteiger partial charge in [-0.3, -0.25) is 4.72 Å². The zero-order valence-electron chi connectivity index (χ0n) is 10.3. The number of hydrogen-bond donors (Lipinski definition) is 1. The van der Waals surface area contributed by atoms with E-state index in [1.807, 2.05) is 6.92 Å². The summed E-state index contributed by atoms with van der Waals surface area (Å²) in [7, 11) is -3.27. The highest BCUT2D eigenvalue weighted by Gasteiger charge is 2.13. The van der Waals surface area contributed by atoms with Crippen molar-refractivity contribution in [2.24, 2.45) is 0 Å². The van der Waals surface area contributed by atoms with Crippen LogP contribution in [0.25, 0.3) is 0 Å². The Balaban J connectivity index is 2.18. The van der Waals surface area contributed by atoms with E-state index in [2.05, 4.69) is 4.72 Å². The fourth-order valence-corrected chi connectivity index (χ4v) is 2.85. The minimum atomic E-state index is -3.27. The third-order valence-electron chi connectivity index (χ3n) is 2.49. The molecule has 0 saturated carbocycles. The lowest BCUT2D eigenvalue weighted by molar-refractivity contribution is 0.297. The second kappa shape index (κ2) is 5.48. The highest BCUT2D eigenvalue weighted by molar-refractivity contribution is 7.92. The molecule has 0 unspecified atom stereocenters. The topological polar surface area (TPSA) is 64.6 Å². The highest BCUT2D eigenvalue weighted by atomic mass is 32.2. The first-order valence-electron chi connectivity index (χ1n) is 6.01. The monoisotopic (exact) mass is 271 g/mol. The van der Waals surface area contributed by atoms with Gasteiger partial charge in [0.15, 0.2) is 11.5 Å². The van der Waals surface area contributed by atoms with Crippen molar-refractivity contribution in [3.8, 4) is 11.5 Å². The van der Waals surface area contributed by atoms with E-state index in [-0.39, 0.29) is 5.75 Å². The van der Waals surface area contributed by atoms with E-state index in [9.17, 15) is 8.42 Å². The molecule has 18 heavy (non-hydrogen) atoms. The minimum absolute atomic E-state index is 0.113. The second-order valence-electron chi connectivity index (χ2n) is 4.13. The summed E-state index contributed by atoms with van der Waals surface area (Å²) < 4.78 is 36.8. The quantitative estimate of drug-likeness (QED) is 0.909. The molecule has 1 N–H and O–H groups in total. The van der Waals surface area contributed by atoms with Crippen molar-refractivity contribution >= 4 is 15.7 Å². The van der Waals surface area contributed by atoms with Gasteiger partial charge in [0, 0.05) is 12.5 Å². The normalized spacial score (nSPS) is 14.9. The summed E-state index contributed by atoms with van der Waals surface area (Å²) in [5.41, 5.74) is 0.507. The van der Waals surface area contributed by atoms with Gasteiger partial charge in [0.1, 0.15) is 0 Å². The molecule has 2 rings (SSSR count). The molecule has 0 atom stereocenters. The average Bonchev–Trinajstić information content (AvgIpc) is 2.52. The van der Waals surface area contributed by atoms with Crippen LogP contribution in [-0.4, -0.2) is 27.4 Å². The predicted octanol–water partition coefficient (Wildman–Crippen LogP) is 2.00. The molecule has 0 aliphatic carbocycles. The summed E-state index contributed by atoms with van der Waals surface area (Å²) >= 11 is 0. The number of nitrogens with one attached hydrogen (secondary N) is 1. The number of sulfonamides is 1. The molecule has 1 aromatic rings. The van der Waals surface area contributed by atoms with Crippen molar-refractivity contribution < 1.29 is 17.9 Å². The number of hydrogen-bond acceptors (Lipinski definition) is 4. The number of benzene rings is 1. The zero-order valence-corrected chi connectivity index (χ0v) is 11.1. The molecule has 0 amide bonds. The lowest BCUT2D eigenvalue weighted by atomic mass is 10.3. The molecule has 0 spiro atoms. The average molecular weight is 271 g/mol. The lowest BCUT2D eigenvalue weighted by Crippen LogP contribution is -2.16. The van der Waals surface area contributed by atoms with Gasteiger partial charge in [-0.15, -0.1) is 0 Å². The fraction of sp³-hybridized carbons (Fsp3) is 0.500. The van der Waals surface area contributed by atoms with E-state index in [0.29, 0.717) is 36.8 Å².